The zero-order valence-electron chi connectivity index (χ0n) is 13.3. The predicted molar refractivity (Wildman–Crippen MR) is 85.2 cm³/mol. The van der Waals surface area contributed by atoms with Gasteiger partial charge in [-0.25, -0.2) is 14.8 Å². The van der Waals surface area contributed by atoms with Crippen LogP contribution in [0.3, 0.4) is 0 Å². The molecule has 0 aliphatic carbocycles. The Morgan fingerprint density at radius 3 is 2.91 bits per heavy atom. The van der Waals surface area contributed by atoms with E-state index < -0.39 is 5.60 Å². The molecule has 0 atom stereocenters. The van der Waals surface area contributed by atoms with Crippen molar-refractivity contribution >= 4 is 27.8 Å². The number of hydrogen-bond donors (Lipinski definition) is 0. The quantitative estimate of drug-likeness (QED) is 0.791. The highest BCUT2D eigenvalue weighted by molar-refractivity contribution is 7.15. The number of ether oxygens (including phenoxy) is 2. The summed E-state index contributed by atoms with van der Waals surface area (Å²) in [7, 11) is 1.71. The van der Waals surface area contributed by atoms with Crippen LogP contribution in [0.2, 0.25) is 0 Å². The lowest BCUT2D eigenvalue weighted by Gasteiger charge is -2.24. The molecule has 119 valence electrons. The Balaban J connectivity index is 1.73. The molecule has 7 heteroatoms. The minimum atomic E-state index is -0.479. The first-order chi connectivity index (χ1) is 10.3. The van der Waals surface area contributed by atoms with Crippen molar-refractivity contribution < 1.29 is 14.3 Å². The highest BCUT2D eigenvalue weighted by Gasteiger charge is 2.19. The third kappa shape index (κ3) is 4.84. The van der Waals surface area contributed by atoms with Crippen molar-refractivity contribution in [2.75, 3.05) is 20.2 Å². The topological polar surface area (TPSA) is 64.5 Å². The van der Waals surface area contributed by atoms with Gasteiger partial charge in [-0.3, -0.25) is 0 Å². The summed E-state index contributed by atoms with van der Waals surface area (Å²) in [6.07, 6.45) is 0.372. The molecule has 1 amide bonds. The number of thiazole rings is 1. The van der Waals surface area contributed by atoms with Gasteiger partial charge in [0.2, 0.25) is 5.88 Å². The molecule has 0 unspecified atom stereocenters. The first kappa shape index (κ1) is 16.5. The van der Waals surface area contributed by atoms with Crippen LogP contribution in [0.15, 0.2) is 12.1 Å². The van der Waals surface area contributed by atoms with E-state index in [0.717, 1.165) is 10.3 Å². The minimum Gasteiger partial charge on any atom is -0.478 e. The van der Waals surface area contributed by atoms with E-state index in [-0.39, 0.29) is 6.09 Å². The van der Waals surface area contributed by atoms with Crippen molar-refractivity contribution in [3.05, 3.63) is 17.6 Å². The SMILES string of the molecule is CN(CCCOc1ccc2n[c]sc2n1)C(=O)OC(C)(C)C. The average Bonchev–Trinajstić information content (AvgIpc) is 2.88. The normalized spacial score (nSPS) is 11.5. The van der Waals surface area contributed by atoms with Gasteiger partial charge in [-0.2, -0.15) is 0 Å². The molecular formula is C15H20N3O3S. The first-order valence-electron chi connectivity index (χ1n) is 7.06. The number of amides is 1. The molecule has 0 spiro atoms. The lowest BCUT2D eigenvalue weighted by Crippen LogP contribution is -2.35. The molecule has 0 aliphatic heterocycles. The largest absolute Gasteiger partial charge is 0.478 e. The second-order valence-corrected chi connectivity index (χ2v) is 6.66. The van der Waals surface area contributed by atoms with Gasteiger partial charge < -0.3 is 14.4 Å². The van der Waals surface area contributed by atoms with Crippen molar-refractivity contribution in [1.29, 1.82) is 0 Å². The molecule has 0 bridgehead atoms. The lowest BCUT2D eigenvalue weighted by atomic mass is 10.2. The Hall–Kier alpha value is -1.89. The van der Waals surface area contributed by atoms with Crippen LogP contribution in [-0.2, 0) is 4.74 Å². The molecule has 0 saturated heterocycles. The zero-order valence-corrected chi connectivity index (χ0v) is 14.1. The van der Waals surface area contributed by atoms with Crippen molar-refractivity contribution in [2.45, 2.75) is 32.8 Å². The van der Waals surface area contributed by atoms with E-state index in [4.69, 9.17) is 9.47 Å². The van der Waals surface area contributed by atoms with Gasteiger partial charge in [0.25, 0.3) is 0 Å². The third-order valence-corrected chi connectivity index (χ3v) is 3.39. The van der Waals surface area contributed by atoms with E-state index in [1.165, 1.54) is 11.3 Å². The fraction of sp³-hybridized carbons (Fsp3) is 0.533. The molecule has 0 saturated carbocycles. The van der Waals surface area contributed by atoms with Crippen molar-refractivity contribution in [3.63, 3.8) is 0 Å². The zero-order chi connectivity index (χ0) is 16.2. The molecule has 22 heavy (non-hydrogen) atoms. The summed E-state index contributed by atoms with van der Waals surface area (Å²) in [5.41, 5.74) is 3.14. The van der Waals surface area contributed by atoms with Crippen molar-refractivity contribution in [3.8, 4) is 5.88 Å². The van der Waals surface area contributed by atoms with Gasteiger partial charge in [0.1, 0.15) is 15.9 Å². The van der Waals surface area contributed by atoms with Crippen LogP contribution in [0.1, 0.15) is 27.2 Å². The van der Waals surface area contributed by atoms with E-state index in [0.29, 0.717) is 25.5 Å². The standard InChI is InChI=1S/C15H20N3O3S/c1-15(2,3)21-14(19)18(4)8-5-9-20-12-7-6-11-13(17-12)22-10-16-11/h6-7H,5,8-9H2,1-4H3. The van der Waals surface area contributed by atoms with Crippen molar-refractivity contribution in [2.24, 2.45) is 0 Å². The Morgan fingerprint density at radius 1 is 1.41 bits per heavy atom. The molecule has 2 rings (SSSR count). The van der Waals surface area contributed by atoms with E-state index in [1.54, 1.807) is 18.0 Å². The minimum absolute atomic E-state index is 0.327. The van der Waals surface area contributed by atoms with Crippen LogP contribution in [0, 0.1) is 5.51 Å². The number of nitrogens with zero attached hydrogens (tertiary/aromatic N) is 3. The molecule has 0 fully saturated rings. The number of fused-ring (bicyclic) bond motifs is 1. The van der Waals surface area contributed by atoms with Gasteiger partial charge in [0, 0.05) is 19.7 Å². The van der Waals surface area contributed by atoms with E-state index in [9.17, 15) is 4.79 Å². The van der Waals surface area contributed by atoms with Crippen LogP contribution in [0.25, 0.3) is 10.3 Å². The summed E-state index contributed by atoms with van der Waals surface area (Å²) in [5.74, 6) is 0.560. The molecule has 2 heterocycles. The number of carbonyl (C=O) groups excluding carboxylic acids is 1. The number of aromatic nitrogens is 2. The smallest absolute Gasteiger partial charge is 0.410 e. The third-order valence-electron chi connectivity index (χ3n) is 2.72. The highest BCUT2D eigenvalue weighted by atomic mass is 32.1. The monoisotopic (exact) mass is 322 g/mol. The molecule has 0 N–H and O–H groups in total. The molecular weight excluding hydrogens is 302 g/mol. The Labute approximate surface area is 134 Å². The van der Waals surface area contributed by atoms with Gasteiger partial charge in [-0.05, 0) is 33.3 Å². The summed E-state index contributed by atoms with van der Waals surface area (Å²) < 4.78 is 10.9. The molecule has 2 aromatic heterocycles. The molecule has 0 aliphatic rings. The van der Waals surface area contributed by atoms with Crippen LogP contribution in [0.4, 0.5) is 4.79 Å². The van der Waals surface area contributed by atoms with Gasteiger partial charge in [0.15, 0.2) is 5.51 Å². The van der Waals surface area contributed by atoms with Gasteiger partial charge >= 0.3 is 6.09 Å². The predicted octanol–water partition coefficient (Wildman–Crippen LogP) is 3.13. The maximum absolute atomic E-state index is 11.8. The van der Waals surface area contributed by atoms with Gasteiger partial charge in [-0.1, -0.05) is 11.3 Å². The average molecular weight is 322 g/mol. The lowest BCUT2D eigenvalue weighted by molar-refractivity contribution is 0.0292. The summed E-state index contributed by atoms with van der Waals surface area (Å²) in [4.78, 5) is 22.5. The number of carbonyl (C=O) groups is 1. The second kappa shape index (κ2) is 6.91. The summed E-state index contributed by atoms with van der Waals surface area (Å²) in [6.45, 7) is 6.58. The van der Waals surface area contributed by atoms with Gasteiger partial charge in [0.05, 0.1) is 6.61 Å². The fourth-order valence-corrected chi connectivity index (χ4v) is 2.27. The van der Waals surface area contributed by atoms with E-state index in [1.807, 2.05) is 26.8 Å². The maximum Gasteiger partial charge on any atom is 0.410 e. The van der Waals surface area contributed by atoms with Crippen LogP contribution < -0.4 is 4.74 Å². The molecule has 0 aromatic carbocycles. The van der Waals surface area contributed by atoms with E-state index in [2.05, 4.69) is 15.5 Å². The Bertz CT molecular complexity index is 636. The number of pyridine rings is 1. The van der Waals surface area contributed by atoms with Crippen LogP contribution >= 0.6 is 11.3 Å². The van der Waals surface area contributed by atoms with Crippen LogP contribution in [-0.4, -0.2) is 46.8 Å². The highest BCUT2D eigenvalue weighted by Crippen LogP contribution is 2.18. The van der Waals surface area contributed by atoms with E-state index >= 15 is 0 Å². The second-order valence-electron chi connectivity index (χ2n) is 5.88. The summed E-state index contributed by atoms with van der Waals surface area (Å²) >= 11 is 1.36. The molecule has 6 nitrogen and oxygen atoms in total. The summed E-state index contributed by atoms with van der Waals surface area (Å²) in [6, 6.07) is 3.64. The van der Waals surface area contributed by atoms with Crippen molar-refractivity contribution in [1.82, 2.24) is 14.9 Å². The summed E-state index contributed by atoms with van der Waals surface area (Å²) in [5, 5.41) is 0. The van der Waals surface area contributed by atoms with Crippen LogP contribution in [0.5, 0.6) is 5.88 Å². The fourth-order valence-electron chi connectivity index (χ4n) is 1.68. The number of rotatable bonds is 5. The molecule has 1 radical (unpaired) electrons. The Morgan fingerprint density at radius 2 is 2.18 bits per heavy atom. The maximum atomic E-state index is 11.8. The van der Waals surface area contributed by atoms with Gasteiger partial charge in [-0.15, -0.1) is 0 Å². The first-order valence-corrected chi connectivity index (χ1v) is 7.87. The molecule has 2 aromatic rings. The number of hydrogen-bond acceptors (Lipinski definition) is 6. The Kier molecular flexibility index (Phi) is 5.18.